The molecule has 0 N–H and O–H groups in total. The van der Waals surface area contributed by atoms with Crippen LogP contribution in [0.5, 0.6) is 0 Å². The van der Waals surface area contributed by atoms with Crippen molar-refractivity contribution in [3.63, 3.8) is 0 Å². The summed E-state index contributed by atoms with van der Waals surface area (Å²) < 4.78 is 0. The summed E-state index contributed by atoms with van der Waals surface area (Å²) >= 11 is 0. The van der Waals surface area contributed by atoms with Crippen molar-refractivity contribution < 1.29 is 4.79 Å². The third-order valence-electron chi connectivity index (χ3n) is 4.84. The van der Waals surface area contributed by atoms with Gasteiger partial charge in [-0.25, -0.2) is 0 Å². The predicted octanol–water partition coefficient (Wildman–Crippen LogP) is 4.14. The average molecular weight is 273 g/mol. The third kappa shape index (κ3) is 2.80. The van der Waals surface area contributed by atoms with Crippen LogP contribution in [0.2, 0.25) is 0 Å². The van der Waals surface area contributed by atoms with Gasteiger partial charge in [0.15, 0.2) is 5.78 Å². The molecule has 1 aromatic rings. The quantitative estimate of drug-likeness (QED) is 0.609. The van der Waals surface area contributed by atoms with Crippen molar-refractivity contribution in [1.29, 1.82) is 0 Å². The second-order valence-corrected chi connectivity index (χ2v) is 6.49. The number of carbonyl (C=O) groups excluding carboxylic acids is 1. The summed E-state index contributed by atoms with van der Waals surface area (Å²) in [5.74, 6) is 0.321. The number of hydrogen-bond donors (Lipinski definition) is 0. The number of nitrogens with zero attached hydrogens (tertiary/aromatic N) is 1. The molecule has 20 heavy (non-hydrogen) atoms. The number of aryl methyl sites for hydroxylation is 2. The lowest BCUT2D eigenvalue weighted by atomic mass is 9.80. The van der Waals surface area contributed by atoms with Crippen LogP contribution >= 0.6 is 0 Å². The number of carbonyl (C=O) groups is 1. The maximum absolute atomic E-state index is 13.2. The van der Waals surface area contributed by atoms with Gasteiger partial charge >= 0.3 is 0 Å². The Kier molecular flexibility index (Phi) is 4.64. The summed E-state index contributed by atoms with van der Waals surface area (Å²) in [5, 5.41) is 0. The monoisotopic (exact) mass is 273 g/mol. The van der Waals surface area contributed by atoms with Gasteiger partial charge in [0.2, 0.25) is 0 Å². The normalized spacial score (nSPS) is 18.9. The van der Waals surface area contributed by atoms with Gasteiger partial charge in [0, 0.05) is 5.56 Å². The molecule has 0 saturated heterocycles. The van der Waals surface area contributed by atoms with E-state index in [1.54, 1.807) is 0 Å². The molecule has 110 valence electrons. The Bertz CT molecular complexity index is 482. The molecule has 1 aliphatic carbocycles. The first-order valence-electron chi connectivity index (χ1n) is 7.77. The van der Waals surface area contributed by atoms with Crippen LogP contribution in [0.1, 0.15) is 60.0 Å². The SMILES string of the molecule is Cc1ccc(C(=O)C2(N(C)C)CCCCCC2)c(C)c1. The Balaban J connectivity index is 2.40. The van der Waals surface area contributed by atoms with Crippen molar-refractivity contribution in [3.8, 4) is 0 Å². The molecular formula is C18H27NO. The first kappa shape index (κ1) is 15.2. The maximum Gasteiger partial charge on any atom is 0.183 e. The number of rotatable bonds is 3. The summed E-state index contributed by atoms with van der Waals surface area (Å²) in [6.45, 7) is 4.13. The van der Waals surface area contributed by atoms with E-state index in [-0.39, 0.29) is 5.54 Å². The van der Waals surface area contributed by atoms with E-state index < -0.39 is 0 Å². The highest BCUT2D eigenvalue weighted by molar-refractivity contribution is 6.04. The predicted molar refractivity (Wildman–Crippen MR) is 84.4 cm³/mol. The van der Waals surface area contributed by atoms with Crippen molar-refractivity contribution in [2.75, 3.05) is 14.1 Å². The molecule has 0 spiro atoms. The van der Waals surface area contributed by atoms with E-state index in [1.807, 2.05) is 6.07 Å². The first-order valence-corrected chi connectivity index (χ1v) is 7.77. The molecule has 0 heterocycles. The first-order chi connectivity index (χ1) is 9.47. The molecular weight excluding hydrogens is 246 g/mol. The van der Waals surface area contributed by atoms with Gasteiger partial charge in [-0.05, 0) is 46.3 Å². The fourth-order valence-electron chi connectivity index (χ4n) is 3.51. The summed E-state index contributed by atoms with van der Waals surface area (Å²) in [6.07, 6.45) is 6.83. The van der Waals surface area contributed by atoms with Crippen molar-refractivity contribution in [1.82, 2.24) is 4.90 Å². The van der Waals surface area contributed by atoms with Gasteiger partial charge in [0.1, 0.15) is 0 Å². The molecule has 0 amide bonds. The number of likely N-dealkylation sites (N-methyl/N-ethyl adjacent to an activating group) is 1. The molecule has 0 radical (unpaired) electrons. The standard InChI is InChI=1S/C18H27NO/c1-14-9-10-16(15(2)13-14)17(20)18(19(3)4)11-7-5-6-8-12-18/h9-10,13H,5-8,11-12H2,1-4H3. The van der Waals surface area contributed by atoms with E-state index in [1.165, 1.54) is 18.4 Å². The average Bonchev–Trinajstić information content (AvgIpc) is 2.64. The number of Topliss-reactive ketones (excluding diaryl/α,β-unsaturated/α-hetero) is 1. The summed E-state index contributed by atoms with van der Waals surface area (Å²) in [4.78, 5) is 15.4. The van der Waals surface area contributed by atoms with Gasteiger partial charge < -0.3 is 0 Å². The van der Waals surface area contributed by atoms with Crippen molar-refractivity contribution >= 4 is 5.78 Å². The van der Waals surface area contributed by atoms with Crippen LogP contribution in [0, 0.1) is 13.8 Å². The molecule has 1 aliphatic rings. The lowest BCUT2D eigenvalue weighted by Gasteiger charge is -2.38. The Morgan fingerprint density at radius 2 is 1.65 bits per heavy atom. The molecule has 1 fully saturated rings. The fourth-order valence-corrected chi connectivity index (χ4v) is 3.51. The maximum atomic E-state index is 13.2. The molecule has 1 aromatic carbocycles. The minimum absolute atomic E-state index is 0.295. The van der Waals surface area contributed by atoms with Gasteiger partial charge in [-0.3, -0.25) is 9.69 Å². The number of benzene rings is 1. The lowest BCUT2D eigenvalue weighted by molar-refractivity contribution is 0.0634. The molecule has 2 nitrogen and oxygen atoms in total. The minimum Gasteiger partial charge on any atom is -0.297 e. The summed E-state index contributed by atoms with van der Waals surface area (Å²) in [5.41, 5.74) is 2.95. The second kappa shape index (κ2) is 6.09. The van der Waals surface area contributed by atoms with Crippen LogP contribution in [-0.2, 0) is 0 Å². The Labute approximate surface area is 123 Å². The zero-order valence-corrected chi connectivity index (χ0v) is 13.3. The van der Waals surface area contributed by atoms with E-state index in [0.29, 0.717) is 5.78 Å². The van der Waals surface area contributed by atoms with Crippen LogP contribution < -0.4 is 0 Å². The van der Waals surface area contributed by atoms with Gasteiger partial charge in [-0.2, -0.15) is 0 Å². The summed E-state index contributed by atoms with van der Waals surface area (Å²) in [7, 11) is 4.12. The van der Waals surface area contributed by atoms with Crippen LogP contribution in [0.3, 0.4) is 0 Å². The topological polar surface area (TPSA) is 20.3 Å². The van der Waals surface area contributed by atoms with E-state index >= 15 is 0 Å². The van der Waals surface area contributed by atoms with Crippen LogP contribution in [0.25, 0.3) is 0 Å². The Hall–Kier alpha value is -1.15. The minimum atomic E-state index is -0.295. The van der Waals surface area contributed by atoms with Gasteiger partial charge in [0.25, 0.3) is 0 Å². The molecule has 0 atom stereocenters. The molecule has 1 saturated carbocycles. The van der Waals surface area contributed by atoms with Crippen LogP contribution in [0.15, 0.2) is 18.2 Å². The van der Waals surface area contributed by atoms with E-state index in [9.17, 15) is 4.79 Å². The molecule has 2 rings (SSSR count). The smallest absolute Gasteiger partial charge is 0.183 e. The fraction of sp³-hybridized carbons (Fsp3) is 0.611. The van der Waals surface area contributed by atoms with Gasteiger partial charge in [-0.1, -0.05) is 49.4 Å². The largest absolute Gasteiger partial charge is 0.297 e. The van der Waals surface area contributed by atoms with E-state index in [0.717, 1.165) is 36.8 Å². The Morgan fingerprint density at radius 1 is 1.05 bits per heavy atom. The molecule has 0 aliphatic heterocycles. The second-order valence-electron chi connectivity index (χ2n) is 6.49. The lowest BCUT2D eigenvalue weighted by Crippen LogP contribution is -2.51. The zero-order chi connectivity index (χ0) is 14.8. The Morgan fingerprint density at radius 3 is 2.15 bits per heavy atom. The summed E-state index contributed by atoms with van der Waals surface area (Å²) in [6, 6.07) is 6.19. The van der Waals surface area contributed by atoms with Crippen molar-refractivity contribution in [2.24, 2.45) is 0 Å². The van der Waals surface area contributed by atoms with Crippen LogP contribution in [0.4, 0.5) is 0 Å². The third-order valence-corrected chi connectivity index (χ3v) is 4.84. The molecule has 0 unspecified atom stereocenters. The molecule has 0 bridgehead atoms. The van der Waals surface area contributed by atoms with Crippen molar-refractivity contribution in [2.45, 2.75) is 57.9 Å². The van der Waals surface area contributed by atoms with E-state index in [4.69, 9.17) is 0 Å². The molecule has 0 aromatic heterocycles. The van der Waals surface area contributed by atoms with Gasteiger partial charge in [-0.15, -0.1) is 0 Å². The number of hydrogen-bond acceptors (Lipinski definition) is 2. The molecule has 2 heteroatoms. The van der Waals surface area contributed by atoms with Crippen molar-refractivity contribution in [3.05, 3.63) is 34.9 Å². The van der Waals surface area contributed by atoms with E-state index in [2.05, 4.69) is 45.0 Å². The van der Waals surface area contributed by atoms with Crippen LogP contribution in [-0.4, -0.2) is 30.3 Å². The highest BCUT2D eigenvalue weighted by Gasteiger charge is 2.41. The highest BCUT2D eigenvalue weighted by Crippen LogP contribution is 2.34. The number of ketones is 1. The zero-order valence-electron chi connectivity index (χ0n) is 13.3. The van der Waals surface area contributed by atoms with Gasteiger partial charge in [0.05, 0.1) is 5.54 Å². The highest BCUT2D eigenvalue weighted by atomic mass is 16.1.